The number of anilines is 1. The Bertz CT molecular complexity index is 981. The molecule has 1 fully saturated rings. The number of carbonyl (C=O) groups is 1. The van der Waals surface area contributed by atoms with Gasteiger partial charge in [-0.2, -0.15) is 5.10 Å². The number of ether oxygens (including phenoxy) is 1. The van der Waals surface area contributed by atoms with Crippen LogP contribution in [-0.4, -0.2) is 62.6 Å². The smallest absolute Gasteiger partial charge is 0.266 e. The van der Waals surface area contributed by atoms with Gasteiger partial charge in [0, 0.05) is 43.6 Å². The summed E-state index contributed by atoms with van der Waals surface area (Å²) < 4.78 is 7.60. The van der Waals surface area contributed by atoms with E-state index in [0.29, 0.717) is 42.8 Å². The van der Waals surface area contributed by atoms with Gasteiger partial charge in [-0.25, -0.2) is 4.68 Å². The van der Waals surface area contributed by atoms with Crippen molar-refractivity contribution in [1.29, 1.82) is 0 Å². The van der Waals surface area contributed by atoms with Crippen LogP contribution >= 0.6 is 11.6 Å². The van der Waals surface area contributed by atoms with E-state index >= 15 is 0 Å². The average molecular weight is 427 g/mol. The molecule has 0 unspecified atom stereocenters. The first kappa shape index (κ1) is 20.2. The van der Waals surface area contributed by atoms with Crippen LogP contribution in [0, 0.1) is 0 Å². The molecule has 0 bridgehead atoms. The summed E-state index contributed by atoms with van der Waals surface area (Å²) in [6.07, 6.45) is 3.52. The van der Waals surface area contributed by atoms with Crippen LogP contribution in [0.1, 0.15) is 13.8 Å². The molecule has 0 spiro atoms. The summed E-state index contributed by atoms with van der Waals surface area (Å²) in [7, 11) is 0. The lowest BCUT2D eigenvalue weighted by molar-refractivity contribution is -0.145. The van der Waals surface area contributed by atoms with Crippen molar-refractivity contribution in [3.63, 3.8) is 0 Å². The van der Waals surface area contributed by atoms with E-state index in [0.717, 1.165) is 5.82 Å². The predicted octanol–water partition coefficient (Wildman–Crippen LogP) is 2.82. The maximum Gasteiger partial charge on any atom is 0.266 e. The highest BCUT2D eigenvalue weighted by Gasteiger charge is 2.36. The summed E-state index contributed by atoms with van der Waals surface area (Å²) >= 11 is 5.92. The van der Waals surface area contributed by atoms with Gasteiger partial charge in [-0.15, -0.1) is 10.2 Å². The summed E-state index contributed by atoms with van der Waals surface area (Å²) in [4.78, 5) is 17.0. The second-order valence-electron chi connectivity index (χ2n) is 7.55. The molecule has 1 amide bonds. The molecule has 0 aliphatic carbocycles. The molecule has 1 aromatic carbocycles. The lowest BCUT2D eigenvalue weighted by atomic mass is 10.1. The zero-order valence-electron chi connectivity index (χ0n) is 16.9. The van der Waals surface area contributed by atoms with Gasteiger partial charge in [0.15, 0.2) is 17.2 Å². The molecular weight excluding hydrogens is 404 g/mol. The molecule has 8 nitrogen and oxygen atoms in total. The summed E-state index contributed by atoms with van der Waals surface area (Å²) in [5.41, 5.74) is -0.971. The van der Waals surface area contributed by atoms with Gasteiger partial charge < -0.3 is 14.5 Å². The van der Waals surface area contributed by atoms with E-state index in [1.54, 1.807) is 49.0 Å². The van der Waals surface area contributed by atoms with Gasteiger partial charge in [-0.3, -0.25) is 4.79 Å². The number of piperazine rings is 1. The number of hydrogen-bond donors (Lipinski definition) is 0. The van der Waals surface area contributed by atoms with Crippen molar-refractivity contribution >= 4 is 23.3 Å². The predicted molar refractivity (Wildman–Crippen MR) is 114 cm³/mol. The molecule has 1 saturated heterocycles. The van der Waals surface area contributed by atoms with Crippen molar-refractivity contribution in [3.8, 4) is 11.6 Å². The molecule has 9 heteroatoms. The van der Waals surface area contributed by atoms with Crippen LogP contribution in [0.25, 0.3) is 5.82 Å². The molecule has 3 aromatic rings. The molecule has 2 aromatic heterocycles. The maximum absolute atomic E-state index is 13.0. The van der Waals surface area contributed by atoms with Crippen molar-refractivity contribution in [2.45, 2.75) is 19.4 Å². The van der Waals surface area contributed by atoms with Gasteiger partial charge in [0.1, 0.15) is 5.75 Å². The SMILES string of the molecule is CC(C)(Oc1ccc(Cl)cc1)C(=O)N1CCN(c2ccc(-n3cccn3)nn2)CC1. The Morgan fingerprint density at radius 1 is 1.00 bits per heavy atom. The molecule has 0 atom stereocenters. The highest BCUT2D eigenvalue weighted by Crippen LogP contribution is 2.23. The number of amides is 1. The fourth-order valence-electron chi connectivity index (χ4n) is 3.37. The van der Waals surface area contributed by atoms with Crippen LogP contribution in [-0.2, 0) is 4.79 Å². The van der Waals surface area contributed by atoms with Crippen molar-refractivity contribution in [2.24, 2.45) is 0 Å². The molecule has 4 rings (SSSR count). The molecule has 1 aliphatic rings. The summed E-state index contributed by atoms with van der Waals surface area (Å²) in [6.45, 7) is 6.12. The number of rotatable bonds is 5. The highest BCUT2D eigenvalue weighted by molar-refractivity contribution is 6.30. The van der Waals surface area contributed by atoms with Crippen LogP contribution in [0.15, 0.2) is 54.9 Å². The number of aromatic nitrogens is 4. The van der Waals surface area contributed by atoms with Crippen molar-refractivity contribution < 1.29 is 9.53 Å². The summed E-state index contributed by atoms with van der Waals surface area (Å²) in [5, 5.41) is 13.3. The normalized spacial score (nSPS) is 14.6. The molecule has 0 radical (unpaired) electrons. The van der Waals surface area contributed by atoms with Crippen LogP contribution in [0.3, 0.4) is 0 Å². The number of benzene rings is 1. The largest absolute Gasteiger partial charge is 0.478 e. The molecule has 1 aliphatic heterocycles. The fraction of sp³-hybridized carbons (Fsp3) is 0.333. The lowest BCUT2D eigenvalue weighted by Crippen LogP contribution is -2.56. The van der Waals surface area contributed by atoms with Crippen LogP contribution in [0.4, 0.5) is 5.82 Å². The minimum absolute atomic E-state index is 0.0442. The van der Waals surface area contributed by atoms with E-state index < -0.39 is 5.60 Å². The van der Waals surface area contributed by atoms with Crippen molar-refractivity contribution in [2.75, 3.05) is 31.1 Å². The first-order valence-corrected chi connectivity index (χ1v) is 10.1. The van der Waals surface area contributed by atoms with E-state index in [-0.39, 0.29) is 5.91 Å². The van der Waals surface area contributed by atoms with Gasteiger partial charge in [-0.05, 0) is 56.3 Å². The topological polar surface area (TPSA) is 76.4 Å². The highest BCUT2D eigenvalue weighted by atomic mass is 35.5. The average Bonchev–Trinajstić information content (AvgIpc) is 3.30. The quantitative estimate of drug-likeness (QED) is 0.624. The Morgan fingerprint density at radius 3 is 2.27 bits per heavy atom. The third-order valence-electron chi connectivity index (χ3n) is 4.97. The van der Waals surface area contributed by atoms with Crippen LogP contribution in [0.5, 0.6) is 5.75 Å². The van der Waals surface area contributed by atoms with Gasteiger partial charge >= 0.3 is 0 Å². The Labute approximate surface area is 180 Å². The van der Waals surface area contributed by atoms with Gasteiger partial charge in [-0.1, -0.05) is 11.6 Å². The number of halogens is 1. The fourth-order valence-corrected chi connectivity index (χ4v) is 3.50. The Morgan fingerprint density at radius 2 is 1.67 bits per heavy atom. The van der Waals surface area contributed by atoms with E-state index in [9.17, 15) is 4.79 Å². The van der Waals surface area contributed by atoms with Crippen molar-refractivity contribution in [1.82, 2.24) is 24.9 Å². The van der Waals surface area contributed by atoms with Gasteiger partial charge in [0.25, 0.3) is 5.91 Å². The van der Waals surface area contributed by atoms with Gasteiger partial charge in [0.05, 0.1) is 0 Å². The van der Waals surface area contributed by atoms with E-state index in [1.165, 1.54) is 0 Å². The molecule has 3 heterocycles. The minimum atomic E-state index is -0.971. The Hall–Kier alpha value is -3.13. The molecule has 156 valence electrons. The monoisotopic (exact) mass is 426 g/mol. The first-order chi connectivity index (χ1) is 14.4. The third kappa shape index (κ3) is 4.38. The second kappa shape index (κ2) is 8.31. The van der Waals surface area contributed by atoms with Gasteiger partial charge in [0.2, 0.25) is 0 Å². The van der Waals surface area contributed by atoms with E-state index in [1.807, 2.05) is 29.3 Å². The van der Waals surface area contributed by atoms with Crippen LogP contribution < -0.4 is 9.64 Å². The maximum atomic E-state index is 13.0. The first-order valence-electron chi connectivity index (χ1n) is 9.75. The zero-order chi connectivity index (χ0) is 21.1. The number of nitrogens with zero attached hydrogens (tertiary/aromatic N) is 6. The summed E-state index contributed by atoms with van der Waals surface area (Å²) in [5.74, 6) is 2.02. The molecule has 0 N–H and O–H groups in total. The standard InChI is InChI=1S/C21H23ClN6O2/c1-21(2,30-17-6-4-16(22)5-7-17)20(29)27-14-12-26(13-15-27)18-8-9-19(25-24-18)28-11-3-10-23-28/h3-11H,12-15H2,1-2H3. The van der Waals surface area contributed by atoms with Crippen molar-refractivity contribution in [3.05, 3.63) is 59.9 Å². The van der Waals surface area contributed by atoms with E-state index in [2.05, 4.69) is 20.2 Å². The zero-order valence-corrected chi connectivity index (χ0v) is 17.7. The van der Waals surface area contributed by atoms with E-state index in [4.69, 9.17) is 16.3 Å². The number of carbonyl (C=O) groups excluding carboxylic acids is 1. The summed E-state index contributed by atoms with van der Waals surface area (Å²) in [6, 6.07) is 12.7. The molecule has 0 saturated carbocycles. The number of hydrogen-bond acceptors (Lipinski definition) is 6. The third-order valence-corrected chi connectivity index (χ3v) is 5.22. The lowest BCUT2D eigenvalue weighted by Gasteiger charge is -2.38. The Balaban J connectivity index is 1.35. The second-order valence-corrected chi connectivity index (χ2v) is 7.98. The molecular formula is C21H23ClN6O2. The Kier molecular flexibility index (Phi) is 5.59. The molecule has 30 heavy (non-hydrogen) atoms. The minimum Gasteiger partial charge on any atom is -0.478 e. The van der Waals surface area contributed by atoms with Crippen LogP contribution in [0.2, 0.25) is 5.02 Å².